The lowest BCUT2D eigenvalue weighted by molar-refractivity contribution is -0.889. The van der Waals surface area contributed by atoms with Crippen molar-refractivity contribution in [3.63, 3.8) is 0 Å². The van der Waals surface area contributed by atoms with E-state index in [-0.39, 0.29) is 11.7 Å². The van der Waals surface area contributed by atoms with Crippen LogP contribution in [-0.4, -0.2) is 161 Å². The van der Waals surface area contributed by atoms with Crippen LogP contribution in [0, 0.1) is 0 Å². The molecule has 0 bridgehead atoms. The minimum atomic E-state index is -3.96. The highest BCUT2D eigenvalue weighted by Crippen LogP contribution is 2.15. The predicted molar refractivity (Wildman–Crippen MR) is 339 cm³/mol. The Bertz CT molecular complexity index is 1230. The number of quaternary nitrogens is 1. The number of amides is 1. The molecule has 462 valence electrons. The average Bonchev–Trinajstić information content (AvgIpc) is 3.39. The number of hydrogen-bond acceptors (Lipinski definition) is 7. The van der Waals surface area contributed by atoms with Gasteiger partial charge in [-0.05, 0) is 64.8 Å². The van der Waals surface area contributed by atoms with Crippen LogP contribution in [0.25, 0.3) is 0 Å². The van der Waals surface area contributed by atoms with Gasteiger partial charge in [0.15, 0.2) is 0 Å². The maximum absolute atomic E-state index is 13.4. The summed E-state index contributed by atoms with van der Waals surface area (Å²) in [5, 5.41) is 3.20. The van der Waals surface area contributed by atoms with Crippen LogP contribution in [-0.2, 0) is 14.9 Å². The Morgan fingerprint density at radius 1 is 0.338 bits per heavy atom. The summed E-state index contributed by atoms with van der Waals surface area (Å²) < 4.78 is 32.4. The monoisotopic (exact) mass is 1110 g/mol. The minimum absolute atomic E-state index is 0.107. The minimum Gasteiger partial charge on any atom is -0.350 e. The number of rotatable bonds is 64. The fraction of sp³-hybridized carbons (Fsp3) is 0.985. The fourth-order valence-corrected chi connectivity index (χ4v) is 11.7. The Labute approximate surface area is 483 Å². The molecule has 10 nitrogen and oxygen atoms in total. The molecule has 0 heterocycles. The van der Waals surface area contributed by atoms with Crippen molar-refractivity contribution < 1.29 is 22.2 Å². The van der Waals surface area contributed by atoms with E-state index < -0.39 is 10.1 Å². The molecule has 77 heavy (non-hydrogen) atoms. The van der Waals surface area contributed by atoms with Gasteiger partial charge in [-0.25, -0.2) is 0 Å². The van der Waals surface area contributed by atoms with E-state index in [1.807, 2.05) is 0 Å². The van der Waals surface area contributed by atoms with Crippen LogP contribution in [0.15, 0.2) is 0 Å². The SMILES string of the molecule is CCCCCCCCCCN(CCCCCCCCCC)CCN(CCN(CCCCCCCCCC)CCCCCCCCCC)CCN(CCCCCCCCCC)CCC(=O)NCC[N+](C)(C)CCCS(=O)(=O)O. The van der Waals surface area contributed by atoms with E-state index in [0.29, 0.717) is 30.4 Å². The third-order valence-electron chi connectivity index (χ3n) is 16.7. The lowest BCUT2D eigenvalue weighted by Gasteiger charge is -2.32. The van der Waals surface area contributed by atoms with Gasteiger partial charge in [0.05, 0.1) is 39.5 Å². The van der Waals surface area contributed by atoms with Gasteiger partial charge in [0.1, 0.15) is 0 Å². The zero-order chi connectivity index (χ0) is 56.6. The number of unbranched alkanes of at least 4 members (excludes halogenated alkanes) is 35. The summed E-state index contributed by atoms with van der Waals surface area (Å²) in [4.78, 5) is 24.6. The van der Waals surface area contributed by atoms with Crippen molar-refractivity contribution in [3.8, 4) is 0 Å². The normalized spacial score (nSPS) is 12.4. The molecule has 1 amide bonds. The van der Waals surface area contributed by atoms with Gasteiger partial charge in [0.25, 0.3) is 10.1 Å². The molecular formula is C66H139N6O4S+. The first-order valence-electron chi connectivity index (χ1n) is 34.3. The summed E-state index contributed by atoms with van der Waals surface area (Å²) in [5.41, 5.74) is 0. The molecule has 0 saturated carbocycles. The molecule has 0 aliphatic rings. The number of nitrogens with one attached hydrogen (secondary N) is 1. The summed E-state index contributed by atoms with van der Waals surface area (Å²) in [6.07, 6.45) is 55.4. The smallest absolute Gasteiger partial charge is 0.265 e. The quantitative estimate of drug-likeness (QED) is 0.0353. The van der Waals surface area contributed by atoms with Gasteiger partial charge in [-0.3, -0.25) is 14.2 Å². The maximum Gasteiger partial charge on any atom is 0.265 e. The molecule has 0 aromatic rings. The molecule has 0 radical (unpaired) electrons. The molecule has 0 atom stereocenters. The van der Waals surface area contributed by atoms with E-state index in [1.165, 1.54) is 283 Å². The second-order valence-electron chi connectivity index (χ2n) is 24.9. The summed E-state index contributed by atoms with van der Waals surface area (Å²) in [6.45, 7) is 26.9. The molecule has 0 saturated heterocycles. The van der Waals surface area contributed by atoms with E-state index in [4.69, 9.17) is 0 Å². The lowest BCUT2D eigenvalue weighted by Crippen LogP contribution is -2.46. The first kappa shape index (κ1) is 76.2. The van der Waals surface area contributed by atoms with Crippen molar-refractivity contribution in [1.82, 2.24) is 24.9 Å². The summed E-state index contributed by atoms with van der Waals surface area (Å²) in [7, 11) is 0.160. The predicted octanol–water partition coefficient (Wildman–Crippen LogP) is 16.8. The van der Waals surface area contributed by atoms with Gasteiger partial charge >= 0.3 is 0 Å². The average molecular weight is 1110 g/mol. The van der Waals surface area contributed by atoms with E-state index >= 15 is 0 Å². The standard InChI is InChI=1S/C66H138N6O4S/c1-8-13-18-23-28-33-38-43-51-68(52-44-39-34-29-24-19-14-9-2)57-60-71(61-58-69(53-45-40-35-30-25-20-15-10-3)54-46-41-36-31-26-21-16-11-4)62-59-70(55-47-42-37-32-27-22-17-12-5)56-49-66(73)67-50-64-72(6,7)63-48-65-77(74,75)76/h8-65H2,1-7H3,(H-,67,73,74,75,76)/p+1. The van der Waals surface area contributed by atoms with Crippen LogP contribution in [0.1, 0.15) is 304 Å². The van der Waals surface area contributed by atoms with E-state index in [0.717, 1.165) is 58.9 Å². The summed E-state index contributed by atoms with van der Waals surface area (Å²) >= 11 is 0. The Balaban J connectivity index is 6.23. The third-order valence-corrected chi connectivity index (χ3v) is 17.5. The highest BCUT2D eigenvalue weighted by Gasteiger charge is 2.19. The highest BCUT2D eigenvalue weighted by atomic mass is 32.2. The second-order valence-corrected chi connectivity index (χ2v) is 26.4. The topological polar surface area (TPSA) is 96.4 Å². The molecule has 0 fully saturated rings. The van der Waals surface area contributed by atoms with Gasteiger partial charge in [-0.1, -0.05) is 259 Å². The Morgan fingerprint density at radius 2 is 0.571 bits per heavy atom. The van der Waals surface area contributed by atoms with Crippen LogP contribution in [0.5, 0.6) is 0 Å². The largest absolute Gasteiger partial charge is 0.350 e. The van der Waals surface area contributed by atoms with Crippen molar-refractivity contribution in [1.29, 1.82) is 0 Å². The van der Waals surface area contributed by atoms with Crippen molar-refractivity contribution in [3.05, 3.63) is 0 Å². The molecule has 0 aliphatic heterocycles. The van der Waals surface area contributed by atoms with Crippen LogP contribution in [0.3, 0.4) is 0 Å². The Morgan fingerprint density at radius 3 is 0.831 bits per heavy atom. The van der Waals surface area contributed by atoms with Crippen LogP contribution in [0.2, 0.25) is 0 Å². The zero-order valence-corrected chi connectivity index (χ0v) is 54.1. The number of carbonyl (C=O) groups excluding carboxylic acids is 1. The van der Waals surface area contributed by atoms with E-state index in [9.17, 15) is 17.8 Å². The molecule has 0 aliphatic carbocycles. The third kappa shape index (κ3) is 56.8. The molecule has 0 unspecified atom stereocenters. The van der Waals surface area contributed by atoms with Gasteiger partial charge < -0.3 is 24.5 Å². The van der Waals surface area contributed by atoms with E-state index in [2.05, 4.69) is 73.6 Å². The summed E-state index contributed by atoms with van der Waals surface area (Å²) in [5.74, 6) is -0.114. The van der Waals surface area contributed by atoms with E-state index in [1.54, 1.807) is 0 Å². The summed E-state index contributed by atoms with van der Waals surface area (Å²) in [6, 6.07) is 0. The Hall–Kier alpha value is -0.820. The van der Waals surface area contributed by atoms with Crippen molar-refractivity contribution in [2.75, 3.05) is 118 Å². The van der Waals surface area contributed by atoms with Gasteiger partial charge in [-0.15, -0.1) is 0 Å². The van der Waals surface area contributed by atoms with Gasteiger partial charge in [0, 0.05) is 58.7 Å². The molecular weight excluding hydrogens is 973 g/mol. The number of carbonyl (C=O) groups is 1. The zero-order valence-electron chi connectivity index (χ0n) is 53.3. The molecule has 0 aromatic carbocycles. The highest BCUT2D eigenvalue weighted by molar-refractivity contribution is 7.85. The molecule has 0 aromatic heterocycles. The molecule has 11 heteroatoms. The Kier molecular flexibility index (Phi) is 56.4. The van der Waals surface area contributed by atoms with Crippen LogP contribution < -0.4 is 5.32 Å². The first-order valence-corrected chi connectivity index (χ1v) is 35.9. The van der Waals surface area contributed by atoms with Crippen molar-refractivity contribution in [2.45, 2.75) is 304 Å². The second kappa shape index (κ2) is 57.0. The number of hydrogen-bond donors (Lipinski definition) is 2. The van der Waals surface area contributed by atoms with Crippen molar-refractivity contribution >= 4 is 16.0 Å². The molecule has 0 spiro atoms. The maximum atomic E-state index is 13.4. The lowest BCUT2D eigenvalue weighted by atomic mass is 10.1. The van der Waals surface area contributed by atoms with Gasteiger partial charge in [0.2, 0.25) is 5.91 Å². The fourth-order valence-electron chi connectivity index (χ4n) is 11.2. The number of nitrogens with zero attached hydrogens (tertiary/aromatic N) is 5. The molecule has 0 rings (SSSR count). The first-order chi connectivity index (χ1) is 37.4. The van der Waals surface area contributed by atoms with Gasteiger partial charge in [-0.2, -0.15) is 8.42 Å². The van der Waals surface area contributed by atoms with Crippen LogP contribution in [0.4, 0.5) is 0 Å². The number of likely N-dealkylation sites (N-methyl/N-ethyl adjacent to an activating group) is 1. The van der Waals surface area contributed by atoms with Crippen LogP contribution >= 0.6 is 0 Å². The van der Waals surface area contributed by atoms with Crippen molar-refractivity contribution in [2.24, 2.45) is 0 Å². The molecule has 2 N–H and O–H groups in total.